The molecule has 2 aromatic carbocycles. The standard InChI is InChI=1S/C23H25NO5/c1-15-7-5-6-12-24(15)13-17-18(25)11-10-16-22(26)21(14-28-23(16)17)29-20-9-4-3-8-19(20)27-2/h3-4,8-11,14-15,25H,5-7,12-13H2,1-2H3. The summed E-state index contributed by atoms with van der Waals surface area (Å²) in [6.45, 7) is 3.70. The molecular weight excluding hydrogens is 370 g/mol. The number of piperidine rings is 1. The minimum Gasteiger partial charge on any atom is -0.507 e. The fourth-order valence-corrected chi connectivity index (χ4v) is 3.87. The number of benzene rings is 2. The van der Waals surface area contributed by atoms with Gasteiger partial charge in [0, 0.05) is 12.6 Å². The number of fused-ring (bicyclic) bond motifs is 1. The van der Waals surface area contributed by atoms with E-state index in [1.54, 1.807) is 37.4 Å². The number of para-hydroxylation sites is 2. The Morgan fingerprint density at radius 3 is 2.69 bits per heavy atom. The van der Waals surface area contributed by atoms with E-state index in [1.165, 1.54) is 12.7 Å². The summed E-state index contributed by atoms with van der Waals surface area (Å²) >= 11 is 0. The first-order valence-corrected chi connectivity index (χ1v) is 9.89. The van der Waals surface area contributed by atoms with Crippen LogP contribution in [-0.2, 0) is 6.54 Å². The van der Waals surface area contributed by atoms with E-state index in [2.05, 4.69) is 11.8 Å². The van der Waals surface area contributed by atoms with Crippen LogP contribution in [0.3, 0.4) is 0 Å². The van der Waals surface area contributed by atoms with Crippen LogP contribution in [-0.4, -0.2) is 29.7 Å². The summed E-state index contributed by atoms with van der Waals surface area (Å²) in [6, 6.07) is 10.7. The molecule has 0 spiro atoms. The molecule has 29 heavy (non-hydrogen) atoms. The van der Waals surface area contributed by atoms with Gasteiger partial charge in [0.25, 0.3) is 0 Å². The third kappa shape index (κ3) is 3.80. The summed E-state index contributed by atoms with van der Waals surface area (Å²) in [7, 11) is 1.54. The lowest BCUT2D eigenvalue weighted by atomic mass is 10.0. The summed E-state index contributed by atoms with van der Waals surface area (Å²) in [5.74, 6) is 1.17. The van der Waals surface area contributed by atoms with Crippen LogP contribution < -0.4 is 14.9 Å². The molecule has 152 valence electrons. The van der Waals surface area contributed by atoms with Crippen LogP contribution in [0.15, 0.2) is 51.9 Å². The number of hydrogen-bond donors (Lipinski definition) is 1. The van der Waals surface area contributed by atoms with Crippen molar-refractivity contribution in [2.75, 3.05) is 13.7 Å². The quantitative estimate of drug-likeness (QED) is 0.677. The van der Waals surface area contributed by atoms with Crippen molar-refractivity contribution in [3.63, 3.8) is 0 Å². The van der Waals surface area contributed by atoms with E-state index in [4.69, 9.17) is 13.9 Å². The van der Waals surface area contributed by atoms with Crippen LogP contribution in [0.25, 0.3) is 11.0 Å². The Hall–Kier alpha value is -2.99. The number of likely N-dealkylation sites (tertiary alicyclic amines) is 1. The number of methoxy groups -OCH3 is 1. The largest absolute Gasteiger partial charge is 0.507 e. The molecule has 1 atom stereocenters. The molecule has 1 aromatic heterocycles. The molecule has 0 radical (unpaired) electrons. The van der Waals surface area contributed by atoms with Gasteiger partial charge in [0.05, 0.1) is 18.1 Å². The summed E-state index contributed by atoms with van der Waals surface area (Å²) in [5, 5.41) is 10.8. The number of rotatable bonds is 5. The van der Waals surface area contributed by atoms with Crippen LogP contribution in [0.1, 0.15) is 31.7 Å². The Bertz CT molecular complexity index is 1070. The van der Waals surface area contributed by atoms with Crippen molar-refractivity contribution in [3.05, 3.63) is 58.4 Å². The van der Waals surface area contributed by atoms with Crippen molar-refractivity contribution in [1.29, 1.82) is 0 Å². The van der Waals surface area contributed by atoms with Gasteiger partial charge in [-0.1, -0.05) is 18.6 Å². The predicted molar refractivity (Wildman–Crippen MR) is 111 cm³/mol. The van der Waals surface area contributed by atoms with E-state index in [0.717, 1.165) is 19.4 Å². The van der Waals surface area contributed by atoms with Crippen LogP contribution >= 0.6 is 0 Å². The fraction of sp³-hybridized carbons (Fsp3) is 0.348. The van der Waals surface area contributed by atoms with Crippen molar-refractivity contribution in [1.82, 2.24) is 4.90 Å². The minimum atomic E-state index is -0.287. The Labute approximate surface area is 169 Å². The fourth-order valence-electron chi connectivity index (χ4n) is 3.87. The van der Waals surface area contributed by atoms with Crippen molar-refractivity contribution in [2.24, 2.45) is 0 Å². The maximum atomic E-state index is 13.0. The lowest BCUT2D eigenvalue weighted by Gasteiger charge is -2.33. The highest BCUT2D eigenvalue weighted by atomic mass is 16.5. The highest BCUT2D eigenvalue weighted by Crippen LogP contribution is 2.33. The van der Waals surface area contributed by atoms with E-state index >= 15 is 0 Å². The number of hydrogen-bond acceptors (Lipinski definition) is 6. The molecule has 2 heterocycles. The molecule has 1 fully saturated rings. The third-order valence-electron chi connectivity index (χ3n) is 5.58. The zero-order valence-corrected chi connectivity index (χ0v) is 16.7. The molecule has 6 nitrogen and oxygen atoms in total. The first-order valence-electron chi connectivity index (χ1n) is 9.89. The average molecular weight is 395 g/mol. The maximum absolute atomic E-state index is 13.0. The monoisotopic (exact) mass is 395 g/mol. The molecule has 0 saturated carbocycles. The van der Waals surface area contributed by atoms with Crippen molar-refractivity contribution >= 4 is 11.0 Å². The highest BCUT2D eigenvalue weighted by molar-refractivity contribution is 5.83. The van der Waals surface area contributed by atoms with Gasteiger partial charge < -0.3 is 19.0 Å². The predicted octanol–water partition coefficient (Wildman–Crippen LogP) is 4.67. The van der Waals surface area contributed by atoms with E-state index in [1.807, 2.05) is 6.07 Å². The zero-order chi connectivity index (χ0) is 20.4. The van der Waals surface area contributed by atoms with Crippen molar-refractivity contribution in [2.45, 2.75) is 38.8 Å². The van der Waals surface area contributed by atoms with E-state index in [9.17, 15) is 9.90 Å². The Balaban J connectivity index is 1.72. The first-order chi connectivity index (χ1) is 14.1. The number of phenolic OH excluding ortho intramolecular Hbond substituents is 1. The second-order valence-electron chi connectivity index (χ2n) is 7.44. The molecule has 4 rings (SSSR count). The van der Waals surface area contributed by atoms with Gasteiger partial charge in [0.1, 0.15) is 17.6 Å². The van der Waals surface area contributed by atoms with Crippen molar-refractivity contribution < 1.29 is 19.0 Å². The van der Waals surface area contributed by atoms with Crippen LogP contribution in [0.4, 0.5) is 0 Å². The number of nitrogens with zero attached hydrogens (tertiary/aromatic N) is 1. The SMILES string of the molecule is COc1ccccc1Oc1coc2c(CN3CCCCC3C)c(O)ccc2c1=O. The van der Waals surface area contributed by atoms with Crippen LogP contribution in [0.5, 0.6) is 23.0 Å². The van der Waals surface area contributed by atoms with Gasteiger partial charge in [0.2, 0.25) is 11.2 Å². The van der Waals surface area contributed by atoms with Gasteiger partial charge in [-0.05, 0) is 50.6 Å². The Morgan fingerprint density at radius 2 is 1.93 bits per heavy atom. The molecule has 1 aliphatic rings. The highest BCUT2D eigenvalue weighted by Gasteiger charge is 2.22. The van der Waals surface area contributed by atoms with Crippen LogP contribution in [0.2, 0.25) is 0 Å². The van der Waals surface area contributed by atoms with E-state index < -0.39 is 0 Å². The Kier molecular flexibility index (Phi) is 5.45. The molecule has 3 aromatic rings. The van der Waals surface area contributed by atoms with Crippen molar-refractivity contribution in [3.8, 4) is 23.0 Å². The van der Waals surface area contributed by atoms with Gasteiger partial charge in [-0.25, -0.2) is 0 Å². The summed E-state index contributed by atoms with van der Waals surface area (Å²) in [6.07, 6.45) is 4.79. The molecule has 0 aliphatic carbocycles. The zero-order valence-electron chi connectivity index (χ0n) is 16.7. The summed E-state index contributed by atoms with van der Waals surface area (Å²) in [5.41, 5.74) is 0.752. The lowest BCUT2D eigenvalue weighted by Crippen LogP contribution is -2.36. The molecule has 1 unspecified atom stereocenters. The number of ether oxygens (including phenoxy) is 2. The molecule has 1 N–H and O–H groups in total. The molecule has 1 aliphatic heterocycles. The smallest absolute Gasteiger partial charge is 0.235 e. The normalized spacial score (nSPS) is 17.4. The first kappa shape index (κ1) is 19.3. The number of aromatic hydroxyl groups is 1. The summed E-state index contributed by atoms with van der Waals surface area (Å²) in [4.78, 5) is 15.3. The third-order valence-corrected chi connectivity index (χ3v) is 5.58. The lowest BCUT2D eigenvalue weighted by molar-refractivity contribution is 0.151. The Morgan fingerprint density at radius 1 is 1.14 bits per heavy atom. The minimum absolute atomic E-state index is 0.0741. The van der Waals surface area contributed by atoms with Gasteiger partial charge in [-0.15, -0.1) is 0 Å². The summed E-state index contributed by atoms with van der Waals surface area (Å²) < 4.78 is 16.9. The number of phenols is 1. The van der Waals surface area contributed by atoms with Gasteiger partial charge in [-0.3, -0.25) is 9.69 Å². The van der Waals surface area contributed by atoms with Gasteiger partial charge in [0.15, 0.2) is 11.5 Å². The average Bonchev–Trinajstić information content (AvgIpc) is 2.74. The van der Waals surface area contributed by atoms with Gasteiger partial charge in [-0.2, -0.15) is 0 Å². The molecule has 0 bridgehead atoms. The molecule has 0 amide bonds. The molecule has 6 heteroatoms. The maximum Gasteiger partial charge on any atom is 0.235 e. The second-order valence-corrected chi connectivity index (χ2v) is 7.44. The molecular formula is C23H25NO5. The second kappa shape index (κ2) is 8.17. The molecule has 1 saturated heterocycles. The topological polar surface area (TPSA) is 72.1 Å². The van der Waals surface area contributed by atoms with E-state index in [0.29, 0.717) is 40.6 Å². The van der Waals surface area contributed by atoms with Gasteiger partial charge >= 0.3 is 0 Å². The van der Waals surface area contributed by atoms with E-state index in [-0.39, 0.29) is 16.9 Å². The van der Waals surface area contributed by atoms with Crippen LogP contribution in [0, 0.1) is 0 Å².